The van der Waals surface area contributed by atoms with E-state index in [-0.39, 0.29) is 18.2 Å². The molecule has 1 rings (SSSR count). The van der Waals surface area contributed by atoms with Gasteiger partial charge in [0.2, 0.25) is 0 Å². The Balaban J connectivity index is 2.90. The van der Waals surface area contributed by atoms with Crippen LogP contribution in [0, 0.1) is 0 Å². The van der Waals surface area contributed by atoms with Crippen molar-refractivity contribution >= 4 is 37.5 Å². The minimum atomic E-state index is -3.09. The predicted molar refractivity (Wildman–Crippen MR) is 78.2 cm³/mol. The standard InChI is InChI=1S/C11H16BrN3O3S/c1-13-10-9(6-8(12)7-14-10)11(16)15(2)4-5-19(3,17)18/h6-7H,4-5H2,1-3H3,(H,13,14). The largest absolute Gasteiger partial charge is 0.372 e. The Bertz CT molecular complexity index is 575. The summed E-state index contributed by atoms with van der Waals surface area (Å²) in [6.07, 6.45) is 2.73. The van der Waals surface area contributed by atoms with Crippen molar-refractivity contribution in [2.24, 2.45) is 0 Å². The first-order chi connectivity index (χ1) is 8.74. The molecule has 0 spiro atoms. The highest BCUT2D eigenvalue weighted by Crippen LogP contribution is 2.19. The van der Waals surface area contributed by atoms with Gasteiger partial charge in [-0.05, 0) is 22.0 Å². The monoisotopic (exact) mass is 349 g/mol. The number of carbonyl (C=O) groups is 1. The number of nitrogens with zero attached hydrogens (tertiary/aromatic N) is 2. The third-order valence-corrected chi connectivity index (χ3v) is 3.82. The second-order valence-electron chi connectivity index (χ2n) is 4.16. The average molecular weight is 350 g/mol. The number of nitrogens with one attached hydrogen (secondary N) is 1. The number of sulfone groups is 1. The molecule has 0 radical (unpaired) electrons. The number of aromatic nitrogens is 1. The highest BCUT2D eigenvalue weighted by Gasteiger charge is 2.18. The van der Waals surface area contributed by atoms with Crippen LogP contribution in [-0.4, -0.2) is 56.9 Å². The zero-order chi connectivity index (χ0) is 14.6. The van der Waals surface area contributed by atoms with Gasteiger partial charge in [-0.2, -0.15) is 0 Å². The maximum absolute atomic E-state index is 12.2. The second-order valence-corrected chi connectivity index (χ2v) is 7.33. The first-order valence-electron chi connectivity index (χ1n) is 5.51. The molecule has 0 aliphatic carbocycles. The van der Waals surface area contributed by atoms with Gasteiger partial charge < -0.3 is 10.2 Å². The molecule has 19 heavy (non-hydrogen) atoms. The molecule has 1 N–H and O–H groups in total. The molecule has 1 heterocycles. The van der Waals surface area contributed by atoms with E-state index in [2.05, 4.69) is 26.2 Å². The summed E-state index contributed by atoms with van der Waals surface area (Å²) in [5.74, 6) is 0.118. The van der Waals surface area contributed by atoms with E-state index in [0.29, 0.717) is 15.9 Å². The van der Waals surface area contributed by atoms with Crippen molar-refractivity contribution < 1.29 is 13.2 Å². The molecule has 0 saturated carbocycles. The molecule has 0 aromatic carbocycles. The summed E-state index contributed by atoms with van der Waals surface area (Å²) in [4.78, 5) is 17.7. The minimum absolute atomic E-state index is 0.0639. The molecule has 1 aromatic heterocycles. The van der Waals surface area contributed by atoms with E-state index >= 15 is 0 Å². The topological polar surface area (TPSA) is 79.4 Å². The van der Waals surface area contributed by atoms with Gasteiger partial charge in [0, 0.05) is 37.6 Å². The molecule has 106 valence electrons. The molecule has 6 nitrogen and oxygen atoms in total. The normalized spacial score (nSPS) is 11.2. The number of anilines is 1. The summed E-state index contributed by atoms with van der Waals surface area (Å²) in [7, 11) is 0.140. The molecule has 0 bridgehead atoms. The number of hydrogen-bond acceptors (Lipinski definition) is 5. The van der Waals surface area contributed by atoms with E-state index in [1.54, 1.807) is 26.4 Å². The van der Waals surface area contributed by atoms with E-state index < -0.39 is 9.84 Å². The van der Waals surface area contributed by atoms with Crippen LogP contribution in [0.1, 0.15) is 10.4 Å². The molecule has 0 aliphatic rings. The molecule has 0 atom stereocenters. The number of halogens is 1. The zero-order valence-corrected chi connectivity index (χ0v) is 13.4. The molecule has 8 heteroatoms. The van der Waals surface area contributed by atoms with Crippen LogP contribution >= 0.6 is 15.9 Å². The lowest BCUT2D eigenvalue weighted by atomic mass is 10.2. The van der Waals surface area contributed by atoms with Crippen LogP contribution in [0.15, 0.2) is 16.7 Å². The Morgan fingerprint density at radius 1 is 1.53 bits per heavy atom. The Kier molecular flexibility index (Phi) is 5.30. The lowest BCUT2D eigenvalue weighted by Crippen LogP contribution is -2.32. The predicted octanol–water partition coefficient (Wildman–Crippen LogP) is 1.00. The summed E-state index contributed by atoms with van der Waals surface area (Å²) in [6.45, 7) is 0.146. The van der Waals surface area contributed by atoms with Gasteiger partial charge >= 0.3 is 0 Å². The average Bonchev–Trinajstić information content (AvgIpc) is 2.34. The van der Waals surface area contributed by atoms with Crippen LogP contribution in [0.25, 0.3) is 0 Å². The third kappa shape index (κ3) is 4.79. The molecular formula is C11H16BrN3O3S. The van der Waals surface area contributed by atoms with Gasteiger partial charge in [-0.25, -0.2) is 13.4 Å². The fourth-order valence-corrected chi connectivity index (χ4v) is 2.35. The summed E-state index contributed by atoms with van der Waals surface area (Å²) < 4.78 is 22.9. The van der Waals surface area contributed by atoms with Crippen molar-refractivity contribution in [3.05, 3.63) is 22.3 Å². The maximum Gasteiger partial charge on any atom is 0.257 e. The van der Waals surface area contributed by atoms with Gasteiger partial charge in [0.05, 0.1) is 11.3 Å². The lowest BCUT2D eigenvalue weighted by molar-refractivity contribution is 0.0804. The van der Waals surface area contributed by atoms with Gasteiger partial charge in [0.15, 0.2) is 0 Å². The molecular weight excluding hydrogens is 334 g/mol. The van der Waals surface area contributed by atoms with E-state index in [0.717, 1.165) is 6.26 Å². The molecule has 0 aliphatic heterocycles. The van der Waals surface area contributed by atoms with Crippen molar-refractivity contribution in [3.63, 3.8) is 0 Å². The van der Waals surface area contributed by atoms with Crippen molar-refractivity contribution in [2.75, 3.05) is 38.0 Å². The second kappa shape index (κ2) is 6.33. The first-order valence-corrected chi connectivity index (χ1v) is 8.36. The van der Waals surface area contributed by atoms with Gasteiger partial charge in [-0.1, -0.05) is 0 Å². The Morgan fingerprint density at radius 2 is 2.16 bits per heavy atom. The smallest absolute Gasteiger partial charge is 0.257 e. The van der Waals surface area contributed by atoms with Gasteiger partial charge in [0.25, 0.3) is 5.91 Å². The van der Waals surface area contributed by atoms with Gasteiger partial charge in [-0.15, -0.1) is 0 Å². The highest BCUT2D eigenvalue weighted by molar-refractivity contribution is 9.10. The van der Waals surface area contributed by atoms with Crippen LogP contribution in [0.4, 0.5) is 5.82 Å². The van der Waals surface area contributed by atoms with Crippen molar-refractivity contribution in [1.29, 1.82) is 0 Å². The highest BCUT2D eigenvalue weighted by atomic mass is 79.9. The molecule has 0 saturated heterocycles. The van der Waals surface area contributed by atoms with E-state index in [4.69, 9.17) is 0 Å². The van der Waals surface area contributed by atoms with E-state index in [1.807, 2.05) is 0 Å². The van der Waals surface area contributed by atoms with Crippen LogP contribution in [-0.2, 0) is 9.84 Å². The quantitative estimate of drug-likeness (QED) is 0.857. The zero-order valence-electron chi connectivity index (χ0n) is 11.0. The SMILES string of the molecule is CNc1ncc(Br)cc1C(=O)N(C)CCS(C)(=O)=O. The van der Waals surface area contributed by atoms with Crippen LogP contribution < -0.4 is 5.32 Å². The minimum Gasteiger partial charge on any atom is -0.372 e. The number of carbonyl (C=O) groups excluding carboxylic acids is 1. The lowest BCUT2D eigenvalue weighted by Gasteiger charge is -2.18. The number of pyridine rings is 1. The number of hydrogen-bond donors (Lipinski definition) is 1. The third-order valence-electron chi connectivity index (χ3n) is 2.47. The first kappa shape index (κ1) is 15.9. The summed E-state index contributed by atoms with van der Waals surface area (Å²) in [5, 5.41) is 2.83. The fraction of sp³-hybridized carbons (Fsp3) is 0.455. The molecule has 0 unspecified atom stereocenters. The van der Waals surface area contributed by atoms with Crippen LogP contribution in [0.2, 0.25) is 0 Å². The Labute approximate surface area is 121 Å². The summed E-state index contributed by atoms with van der Waals surface area (Å²) in [6, 6.07) is 1.65. The Morgan fingerprint density at radius 3 is 2.68 bits per heavy atom. The van der Waals surface area contributed by atoms with Crippen molar-refractivity contribution in [3.8, 4) is 0 Å². The summed E-state index contributed by atoms with van der Waals surface area (Å²) in [5.41, 5.74) is 0.396. The van der Waals surface area contributed by atoms with E-state index in [1.165, 1.54) is 4.90 Å². The summed E-state index contributed by atoms with van der Waals surface area (Å²) >= 11 is 3.26. The molecule has 1 amide bonds. The van der Waals surface area contributed by atoms with Crippen LogP contribution in [0.3, 0.4) is 0 Å². The van der Waals surface area contributed by atoms with Crippen molar-refractivity contribution in [2.45, 2.75) is 0 Å². The fourth-order valence-electron chi connectivity index (χ4n) is 1.41. The molecule has 0 fully saturated rings. The Hall–Kier alpha value is -1.15. The van der Waals surface area contributed by atoms with Crippen molar-refractivity contribution in [1.82, 2.24) is 9.88 Å². The van der Waals surface area contributed by atoms with Crippen LogP contribution in [0.5, 0.6) is 0 Å². The van der Waals surface area contributed by atoms with Gasteiger partial charge in [-0.3, -0.25) is 4.79 Å². The number of amides is 1. The maximum atomic E-state index is 12.2. The van der Waals surface area contributed by atoms with Gasteiger partial charge in [0.1, 0.15) is 15.7 Å². The molecule has 1 aromatic rings. The number of rotatable bonds is 5. The van der Waals surface area contributed by atoms with E-state index in [9.17, 15) is 13.2 Å².